The Bertz CT molecular complexity index is 755. The summed E-state index contributed by atoms with van der Waals surface area (Å²) < 4.78 is 0. The average molecular weight is 374 g/mol. The highest BCUT2D eigenvalue weighted by Gasteiger charge is 2.31. The molecule has 3 amide bonds. The van der Waals surface area contributed by atoms with Gasteiger partial charge in [-0.1, -0.05) is 0 Å². The molecule has 8 heteroatoms. The van der Waals surface area contributed by atoms with Crippen LogP contribution in [0.25, 0.3) is 0 Å². The largest absolute Gasteiger partial charge is 0.338 e. The predicted molar refractivity (Wildman–Crippen MR) is 100 cm³/mol. The van der Waals surface area contributed by atoms with Gasteiger partial charge >= 0.3 is 0 Å². The van der Waals surface area contributed by atoms with Gasteiger partial charge in [0, 0.05) is 56.1 Å². The maximum absolute atomic E-state index is 12.8. The van der Waals surface area contributed by atoms with Crippen molar-refractivity contribution in [2.45, 2.75) is 12.5 Å². The van der Waals surface area contributed by atoms with Crippen LogP contribution in [0.15, 0.2) is 18.2 Å². The number of fused-ring (bicyclic) bond motifs is 1. The standard InChI is InChI=1S/C18H22N4O3S/c1-20-15-3-2-12(8-13(15)9-16(20)23)17(24)21-4-6-22(7-5-21)18(25)14-10-26-11-19-14/h2-3,8,14,19H,4-7,9-11H2,1H3. The minimum absolute atomic E-state index is 0.0311. The molecule has 0 radical (unpaired) electrons. The van der Waals surface area contributed by atoms with Crippen LogP contribution in [0.5, 0.6) is 0 Å². The maximum atomic E-state index is 12.8. The zero-order valence-electron chi connectivity index (χ0n) is 14.7. The summed E-state index contributed by atoms with van der Waals surface area (Å²) in [5.74, 6) is 1.80. The highest BCUT2D eigenvalue weighted by atomic mass is 32.2. The highest BCUT2D eigenvalue weighted by molar-refractivity contribution is 7.99. The molecule has 0 aromatic heterocycles. The van der Waals surface area contributed by atoms with Gasteiger partial charge in [0.1, 0.15) is 0 Å². The van der Waals surface area contributed by atoms with Gasteiger partial charge in [-0.05, 0) is 23.8 Å². The van der Waals surface area contributed by atoms with E-state index in [2.05, 4.69) is 5.32 Å². The van der Waals surface area contributed by atoms with Crippen molar-refractivity contribution in [3.63, 3.8) is 0 Å². The number of amides is 3. The van der Waals surface area contributed by atoms with Gasteiger partial charge in [0.2, 0.25) is 11.8 Å². The number of nitrogens with zero attached hydrogens (tertiary/aromatic N) is 3. The molecule has 2 fully saturated rings. The molecule has 3 aliphatic heterocycles. The first-order chi connectivity index (χ1) is 12.5. The Balaban J connectivity index is 1.39. The number of piperazine rings is 1. The summed E-state index contributed by atoms with van der Waals surface area (Å²) in [5, 5.41) is 3.20. The summed E-state index contributed by atoms with van der Waals surface area (Å²) in [6.45, 7) is 2.22. The first-order valence-corrected chi connectivity index (χ1v) is 9.99. The molecule has 4 rings (SSSR count). The fourth-order valence-electron chi connectivity index (χ4n) is 3.69. The number of nitrogens with one attached hydrogen (secondary N) is 1. The minimum Gasteiger partial charge on any atom is -0.338 e. The molecule has 3 heterocycles. The van der Waals surface area contributed by atoms with Gasteiger partial charge in [0.15, 0.2) is 0 Å². The smallest absolute Gasteiger partial charge is 0.253 e. The van der Waals surface area contributed by atoms with Gasteiger partial charge in [-0.25, -0.2) is 0 Å². The molecule has 26 heavy (non-hydrogen) atoms. The monoisotopic (exact) mass is 374 g/mol. The van der Waals surface area contributed by atoms with Crippen molar-refractivity contribution in [2.75, 3.05) is 49.8 Å². The summed E-state index contributed by atoms with van der Waals surface area (Å²) in [5.41, 5.74) is 2.39. The first-order valence-electron chi connectivity index (χ1n) is 8.83. The fourth-order valence-corrected chi connectivity index (χ4v) is 4.62. The van der Waals surface area contributed by atoms with E-state index in [0.29, 0.717) is 38.2 Å². The molecule has 3 aliphatic rings. The summed E-state index contributed by atoms with van der Waals surface area (Å²) in [4.78, 5) is 42.3. The second-order valence-corrected chi connectivity index (χ2v) is 7.89. The Morgan fingerprint density at radius 1 is 1.15 bits per heavy atom. The number of carbonyl (C=O) groups excluding carboxylic acids is 3. The molecular weight excluding hydrogens is 352 g/mol. The van der Waals surface area contributed by atoms with Crippen LogP contribution in [0.4, 0.5) is 5.69 Å². The van der Waals surface area contributed by atoms with E-state index in [1.165, 1.54) is 0 Å². The molecule has 0 saturated carbocycles. The third-order valence-electron chi connectivity index (χ3n) is 5.30. The van der Waals surface area contributed by atoms with Crippen molar-refractivity contribution in [2.24, 2.45) is 0 Å². The van der Waals surface area contributed by atoms with Crippen LogP contribution < -0.4 is 10.2 Å². The molecule has 0 spiro atoms. The van der Waals surface area contributed by atoms with Gasteiger partial charge in [-0.2, -0.15) is 0 Å². The number of thioether (sulfide) groups is 1. The van der Waals surface area contributed by atoms with Crippen molar-refractivity contribution >= 4 is 35.2 Å². The second-order valence-electron chi connectivity index (χ2n) is 6.86. The Kier molecular flexibility index (Phi) is 4.62. The van der Waals surface area contributed by atoms with Crippen molar-refractivity contribution in [1.29, 1.82) is 0 Å². The van der Waals surface area contributed by atoms with E-state index in [-0.39, 0.29) is 23.8 Å². The minimum atomic E-state index is -0.0894. The number of hydrogen-bond donors (Lipinski definition) is 1. The predicted octanol–water partition coefficient (Wildman–Crippen LogP) is 0.152. The first kappa shape index (κ1) is 17.4. The lowest BCUT2D eigenvalue weighted by molar-refractivity contribution is -0.134. The summed E-state index contributed by atoms with van der Waals surface area (Å²) in [7, 11) is 1.75. The van der Waals surface area contributed by atoms with E-state index in [4.69, 9.17) is 0 Å². The molecule has 1 unspecified atom stereocenters. The Morgan fingerprint density at radius 2 is 1.88 bits per heavy atom. The van der Waals surface area contributed by atoms with Crippen LogP contribution in [-0.2, 0) is 16.0 Å². The van der Waals surface area contributed by atoms with E-state index in [1.807, 2.05) is 17.0 Å². The summed E-state index contributed by atoms with van der Waals surface area (Å²) >= 11 is 1.74. The zero-order valence-corrected chi connectivity index (χ0v) is 15.6. The zero-order chi connectivity index (χ0) is 18.3. The lowest BCUT2D eigenvalue weighted by atomic mass is 10.1. The van der Waals surface area contributed by atoms with E-state index < -0.39 is 0 Å². The van der Waals surface area contributed by atoms with Crippen LogP contribution in [-0.4, -0.2) is 78.4 Å². The number of rotatable bonds is 2. The van der Waals surface area contributed by atoms with Crippen molar-refractivity contribution in [1.82, 2.24) is 15.1 Å². The van der Waals surface area contributed by atoms with Crippen LogP contribution in [0, 0.1) is 0 Å². The van der Waals surface area contributed by atoms with Crippen LogP contribution >= 0.6 is 11.8 Å². The third kappa shape index (κ3) is 3.07. The topological polar surface area (TPSA) is 73.0 Å². The van der Waals surface area contributed by atoms with Gasteiger partial charge in [0.05, 0.1) is 12.5 Å². The van der Waals surface area contributed by atoms with Crippen molar-refractivity contribution < 1.29 is 14.4 Å². The summed E-state index contributed by atoms with van der Waals surface area (Å²) in [6, 6.07) is 5.37. The van der Waals surface area contributed by atoms with Crippen LogP contribution in [0.3, 0.4) is 0 Å². The average Bonchev–Trinajstić information content (AvgIpc) is 3.29. The number of likely N-dealkylation sites (N-methyl/N-ethyl adjacent to an activating group) is 1. The quantitative estimate of drug-likeness (QED) is 0.798. The lowest BCUT2D eigenvalue weighted by Crippen LogP contribution is -2.54. The maximum Gasteiger partial charge on any atom is 0.253 e. The molecule has 0 aliphatic carbocycles. The SMILES string of the molecule is CN1C(=O)Cc2cc(C(=O)N3CCN(C(=O)C4CSCN4)CC3)ccc21. The molecule has 0 bridgehead atoms. The van der Waals surface area contributed by atoms with E-state index in [1.54, 1.807) is 34.7 Å². The van der Waals surface area contributed by atoms with E-state index >= 15 is 0 Å². The van der Waals surface area contributed by atoms with Gasteiger partial charge < -0.3 is 14.7 Å². The molecule has 1 atom stereocenters. The van der Waals surface area contributed by atoms with Crippen molar-refractivity contribution in [3.8, 4) is 0 Å². The molecule has 1 aromatic carbocycles. The molecular formula is C18H22N4O3S. The van der Waals surface area contributed by atoms with Gasteiger partial charge in [-0.3, -0.25) is 19.7 Å². The Hall–Kier alpha value is -2.06. The highest BCUT2D eigenvalue weighted by Crippen LogP contribution is 2.28. The van der Waals surface area contributed by atoms with Crippen molar-refractivity contribution in [3.05, 3.63) is 29.3 Å². The molecule has 2 saturated heterocycles. The summed E-state index contributed by atoms with van der Waals surface area (Å²) in [6.07, 6.45) is 0.349. The Labute approximate surface area is 156 Å². The lowest BCUT2D eigenvalue weighted by Gasteiger charge is -2.36. The molecule has 1 N–H and O–H groups in total. The van der Waals surface area contributed by atoms with E-state index in [0.717, 1.165) is 22.9 Å². The number of hydrogen-bond acceptors (Lipinski definition) is 5. The fraction of sp³-hybridized carbons (Fsp3) is 0.500. The Morgan fingerprint density at radius 3 is 2.58 bits per heavy atom. The number of carbonyl (C=O) groups is 3. The van der Waals surface area contributed by atoms with Crippen LogP contribution in [0.1, 0.15) is 15.9 Å². The van der Waals surface area contributed by atoms with E-state index in [9.17, 15) is 14.4 Å². The number of benzene rings is 1. The molecule has 1 aromatic rings. The normalized spacial score (nSPS) is 22.7. The molecule has 7 nitrogen and oxygen atoms in total. The van der Waals surface area contributed by atoms with Gasteiger partial charge in [0.25, 0.3) is 5.91 Å². The second kappa shape index (κ2) is 6.92. The van der Waals surface area contributed by atoms with Gasteiger partial charge in [-0.15, -0.1) is 11.8 Å². The third-order valence-corrected chi connectivity index (χ3v) is 6.24. The molecule has 138 valence electrons. The van der Waals surface area contributed by atoms with Crippen LogP contribution in [0.2, 0.25) is 0 Å². The number of anilines is 1.